The number of anilines is 1. The van der Waals surface area contributed by atoms with Gasteiger partial charge in [0.25, 0.3) is 5.91 Å². The van der Waals surface area contributed by atoms with Gasteiger partial charge in [-0.25, -0.2) is 13.1 Å². The van der Waals surface area contributed by atoms with E-state index in [0.29, 0.717) is 12.1 Å². The lowest BCUT2D eigenvalue weighted by Crippen LogP contribution is -2.26. The summed E-state index contributed by atoms with van der Waals surface area (Å²) in [6.07, 6.45) is 0.591. The summed E-state index contributed by atoms with van der Waals surface area (Å²) in [5, 5.41) is 2.77. The van der Waals surface area contributed by atoms with Crippen molar-refractivity contribution in [2.75, 3.05) is 11.9 Å². The molecule has 0 spiro atoms. The van der Waals surface area contributed by atoms with Gasteiger partial charge in [0.2, 0.25) is 10.0 Å². The van der Waals surface area contributed by atoms with Crippen LogP contribution in [-0.4, -0.2) is 20.9 Å². The minimum Gasteiger partial charge on any atom is -0.322 e. The minimum absolute atomic E-state index is 0.0668. The van der Waals surface area contributed by atoms with E-state index in [0.717, 1.165) is 11.1 Å². The second kappa shape index (κ2) is 8.82. The van der Waals surface area contributed by atoms with E-state index >= 15 is 0 Å². The van der Waals surface area contributed by atoms with Gasteiger partial charge in [-0.1, -0.05) is 54.1 Å². The van der Waals surface area contributed by atoms with E-state index in [1.165, 1.54) is 12.1 Å². The molecule has 0 aliphatic heterocycles. The van der Waals surface area contributed by atoms with Gasteiger partial charge in [-0.3, -0.25) is 4.79 Å². The van der Waals surface area contributed by atoms with Gasteiger partial charge < -0.3 is 5.32 Å². The third-order valence-corrected chi connectivity index (χ3v) is 5.72. The second-order valence-corrected chi connectivity index (χ2v) is 8.25. The molecule has 0 bridgehead atoms. The van der Waals surface area contributed by atoms with Gasteiger partial charge in [-0.15, -0.1) is 0 Å². The van der Waals surface area contributed by atoms with E-state index in [4.69, 9.17) is 0 Å². The molecule has 1 amide bonds. The van der Waals surface area contributed by atoms with Gasteiger partial charge in [-0.2, -0.15) is 0 Å². The Balaban J connectivity index is 1.67. The quantitative estimate of drug-likeness (QED) is 0.641. The zero-order valence-electron chi connectivity index (χ0n) is 15.6. The van der Waals surface area contributed by atoms with Crippen LogP contribution in [0.2, 0.25) is 0 Å². The highest BCUT2D eigenvalue weighted by Crippen LogP contribution is 2.15. The first-order valence-corrected chi connectivity index (χ1v) is 10.4. The average Bonchev–Trinajstić information content (AvgIpc) is 2.70. The van der Waals surface area contributed by atoms with Crippen molar-refractivity contribution in [1.82, 2.24) is 4.72 Å². The zero-order valence-corrected chi connectivity index (χ0v) is 16.4. The first-order valence-electron chi connectivity index (χ1n) is 8.96. The molecule has 0 aliphatic carbocycles. The third kappa shape index (κ3) is 5.28. The number of amides is 1. The molecule has 5 nitrogen and oxygen atoms in total. The smallest absolute Gasteiger partial charge is 0.255 e. The highest BCUT2D eigenvalue weighted by molar-refractivity contribution is 7.89. The van der Waals surface area contributed by atoms with Gasteiger partial charge in [-0.05, 0) is 49.2 Å². The Morgan fingerprint density at radius 1 is 0.893 bits per heavy atom. The summed E-state index contributed by atoms with van der Waals surface area (Å²) in [6.45, 7) is 2.25. The van der Waals surface area contributed by atoms with Crippen molar-refractivity contribution < 1.29 is 13.2 Å². The Hall–Kier alpha value is -2.96. The molecule has 144 valence electrons. The van der Waals surface area contributed by atoms with E-state index in [-0.39, 0.29) is 22.9 Å². The van der Waals surface area contributed by atoms with E-state index in [9.17, 15) is 13.2 Å². The minimum atomic E-state index is -3.69. The van der Waals surface area contributed by atoms with Crippen molar-refractivity contribution in [3.8, 4) is 0 Å². The summed E-state index contributed by atoms with van der Waals surface area (Å²) in [6, 6.07) is 23.1. The predicted octanol–water partition coefficient (Wildman–Crippen LogP) is 3.77. The van der Waals surface area contributed by atoms with Crippen molar-refractivity contribution >= 4 is 21.6 Å². The SMILES string of the molecule is Cc1ccc(NC(=O)c2cccc(S(=O)(=O)NCCc3ccccc3)c2)cc1. The van der Waals surface area contributed by atoms with Crippen LogP contribution in [0.4, 0.5) is 5.69 Å². The molecule has 0 fully saturated rings. The molecule has 0 unspecified atom stereocenters. The summed E-state index contributed by atoms with van der Waals surface area (Å²) < 4.78 is 27.7. The monoisotopic (exact) mass is 394 g/mol. The molecule has 3 rings (SSSR count). The normalized spacial score (nSPS) is 11.2. The summed E-state index contributed by atoms with van der Waals surface area (Å²) >= 11 is 0. The molecule has 0 atom stereocenters. The molecular weight excluding hydrogens is 372 g/mol. The zero-order chi connectivity index (χ0) is 20.0. The third-order valence-electron chi connectivity index (χ3n) is 4.26. The van der Waals surface area contributed by atoms with Gasteiger partial charge in [0.05, 0.1) is 4.90 Å². The fraction of sp³-hybridized carbons (Fsp3) is 0.136. The van der Waals surface area contributed by atoms with Crippen molar-refractivity contribution in [3.63, 3.8) is 0 Å². The van der Waals surface area contributed by atoms with E-state index < -0.39 is 10.0 Å². The molecule has 0 aliphatic rings. The number of nitrogens with one attached hydrogen (secondary N) is 2. The first-order chi connectivity index (χ1) is 13.4. The number of carbonyl (C=O) groups is 1. The van der Waals surface area contributed by atoms with E-state index in [1.54, 1.807) is 24.3 Å². The van der Waals surface area contributed by atoms with E-state index in [2.05, 4.69) is 10.0 Å². The standard InChI is InChI=1S/C22H22N2O3S/c1-17-10-12-20(13-11-17)24-22(25)19-8-5-9-21(16-19)28(26,27)23-15-14-18-6-3-2-4-7-18/h2-13,16,23H,14-15H2,1H3,(H,24,25). The van der Waals surface area contributed by atoms with Crippen molar-refractivity contribution in [2.24, 2.45) is 0 Å². The molecule has 28 heavy (non-hydrogen) atoms. The highest BCUT2D eigenvalue weighted by Gasteiger charge is 2.16. The number of rotatable bonds is 7. The maximum absolute atomic E-state index is 12.6. The number of aryl methyl sites for hydroxylation is 1. The fourth-order valence-electron chi connectivity index (χ4n) is 2.70. The molecule has 0 saturated carbocycles. The van der Waals surface area contributed by atoms with Gasteiger partial charge in [0.15, 0.2) is 0 Å². The number of carbonyl (C=O) groups excluding carboxylic acids is 1. The molecule has 3 aromatic carbocycles. The summed E-state index contributed by atoms with van der Waals surface area (Å²) in [5.74, 6) is -0.356. The number of sulfonamides is 1. The number of hydrogen-bond donors (Lipinski definition) is 2. The van der Waals surface area contributed by atoms with Gasteiger partial charge in [0, 0.05) is 17.8 Å². The van der Waals surface area contributed by atoms with Crippen molar-refractivity contribution in [1.29, 1.82) is 0 Å². The maximum Gasteiger partial charge on any atom is 0.255 e. The lowest BCUT2D eigenvalue weighted by Gasteiger charge is -2.09. The van der Waals surface area contributed by atoms with Crippen LogP contribution in [0.15, 0.2) is 83.8 Å². The number of hydrogen-bond acceptors (Lipinski definition) is 3. The summed E-state index contributed by atoms with van der Waals surface area (Å²) in [5.41, 5.74) is 3.08. The Kier molecular flexibility index (Phi) is 6.23. The van der Waals surface area contributed by atoms with Crippen molar-refractivity contribution in [3.05, 3.63) is 95.6 Å². The molecule has 0 heterocycles. The van der Waals surface area contributed by atoms with Crippen LogP contribution in [-0.2, 0) is 16.4 Å². The molecule has 2 N–H and O–H groups in total. The molecule has 0 aromatic heterocycles. The van der Waals surface area contributed by atoms with Crippen LogP contribution >= 0.6 is 0 Å². The molecule has 6 heteroatoms. The molecule has 0 saturated heterocycles. The molecule has 0 radical (unpaired) electrons. The highest BCUT2D eigenvalue weighted by atomic mass is 32.2. The fourth-order valence-corrected chi connectivity index (χ4v) is 3.78. The van der Waals surface area contributed by atoms with Crippen LogP contribution in [0.3, 0.4) is 0 Å². The molecule has 3 aromatic rings. The maximum atomic E-state index is 12.6. The lowest BCUT2D eigenvalue weighted by atomic mass is 10.2. The Bertz CT molecular complexity index is 1050. The molecular formula is C22H22N2O3S. The van der Waals surface area contributed by atoms with E-state index in [1.807, 2.05) is 49.4 Å². The second-order valence-electron chi connectivity index (χ2n) is 6.48. The summed E-state index contributed by atoms with van der Waals surface area (Å²) in [4.78, 5) is 12.5. The van der Waals surface area contributed by atoms with Crippen LogP contribution in [0.1, 0.15) is 21.5 Å². The predicted molar refractivity (Wildman–Crippen MR) is 111 cm³/mol. The van der Waals surface area contributed by atoms with Gasteiger partial charge >= 0.3 is 0 Å². The Labute approximate surface area is 165 Å². The van der Waals surface area contributed by atoms with Crippen LogP contribution in [0.25, 0.3) is 0 Å². The van der Waals surface area contributed by atoms with Crippen molar-refractivity contribution in [2.45, 2.75) is 18.2 Å². The topological polar surface area (TPSA) is 75.3 Å². The Morgan fingerprint density at radius 3 is 2.32 bits per heavy atom. The van der Waals surface area contributed by atoms with Crippen LogP contribution < -0.4 is 10.0 Å². The first kappa shape index (κ1) is 19.8. The number of benzene rings is 3. The summed E-state index contributed by atoms with van der Waals surface area (Å²) in [7, 11) is -3.69. The lowest BCUT2D eigenvalue weighted by molar-refractivity contribution is 0.102. The van der Waals surface area contributed by atoms with Crippen LogP contribution in [0, 0.1) is 6.92 Å². The average molecular weight is 394 g/mol. The van der Waals surface area contributed by atoms with Gasteiger partial charge in [0.1, 0.15) is 0 Å². The largest absolute Gasteiger partial charge is 0.322 e. The Morgan fingerprint density at radius 2 is 1.61 bits per heavy atom. The van der Waals surface area contributed by atoms with Crippen LogP contribution in [0.5, 0.6) is 0 Å².